The van der Waals surface area contributed by atoms with Crippen molar-refractivity contribution in [3.8, 4) is 0 Å². The second-order valence-electron chi connectivity index (χ2n) is 2.21. The quantitative estimate of drug-likeness (QED) is 0.369. The van der Waals surface area contributed by atoms with Crippen LogP contribution in [0.15, 0.2) is 12.7 Å². The van der Waals surface area contributed by atoms with Crippen molar-refractivity contribution in [2.75, 3.05) is 0 Å². The van der Waals surface area contributed by atoms with Crippen molar-refractivity contribution >= 4 is 12.1 Å². The summed E-state index contributed by atoms with van der Waals surface area (Å²) in [5.41, 5.74) is 0. The molecule has 0 aromatic heterocycles. The molecule has 0 heterocycles. The van der Waals surface area contributed by atoms with Crippen LogP contribution in [-0.2, 0) is 14.3 Å². The standard InChI is InChI=1S/C8H12O4/c1-4-6(3)11-8(10)12-7(9)5-2/h5-6H,2,4H2,1,3H3. The first kappa shape index (κ1) is 10.7. The molecule has 4 heteroatoms. The first-order valence-corrected chi connectivity index (χ1v) is 3.65. The molecule has 0 fully saturated rings. The Balaban J connectivity index is 3.74. The molecule has 0 saturated heterocycles. The molecule has 1 atom stereocenters. The lowest BCUT2D eigenvalue weighted by atomic mass is 10.3. The highest BCUT2D eigenvalue weighted by Crippen LogP contribution is 1.98. The summed E-state index contributed by atoms with van der Waals surface area (Å²) in [5.74, 6) is -0.802. The molecule has 0 aromatic rings. The topological polar surface area (TPSA) is 52.6 Å². The summed E-state index contributed by atoms with van der Waals surface area (Å²) in [6.45, 7) is 6.69. The zero-order valence-corrected chi connectivity index (χ0v) is 7.20. The minimum absolute atomic E-state index is 0.241. The Hall–Kier alpha value is -1.32. The highest BCUT2D eigenvalue weighted by Gasteiger charge is 2.11. The highest BCUT2D eigenvalue weighted by molar-refractivity contribution is 5.89. The van der Waals surface area contributed by atoms with E-state index in [1.54, 1.807) is 6.92 Å². The Labute approximate surface area is 71.2 Å². The van der Waals surface area contributed by atoms with Crippen molar-refractivity contribution in [3.63, 3.8) is 0 Å². The monoisotopic (exact) mass is 172 g/mol. The molecule has 4 nitrogen and oxygen atoms in total. The average Bonchev–Trinajstić information content (AvgIpc) is 2.03. The second kappa shape index (κ2) is 5.35. The van der Waals surface area contributed by atoms with Gasteiger partial charge in [-0.1, -0.05) is 13.5 Å². The van der Waals surface area contributed by atoms with Gasteiger partial charge in [0.15, 0.2) is 0 Å². The lowest BCUT2D eigenvalue weighted by Crippen LogP contribution is -2.17. The van der Waals surface area contributed by atoms with Gasteiger partial charge in [0, 0.05) is 6.08 Å². The van der Waals surface area contributed by atoms with Gasteiger partial charge in [0.25, 0.3) is 0 Å². The predicted octanol–water partition coefficient (Wildman–Crippen LogP) is 1.65. The summed E-state index contributed by atoms with van der Waals surface area (Å²) in [6.07, 6.45) is 0.360. The zero-order chi connectivity index (χ0) is 9.56. The third kappa shape index (κ3) is 4.49. The molecule has 0 N–H and O–H groups in total. The number of ether oxygens (including phenoxy) is 2. The van der Waals surface area contributed by atoms with Crippen LogP contribution >= 0.6 is 0 Å². The maximum absolute atomic E-state index is 10.7. The largest absolute Gasteiger partial charge is 0.516 e. The molecule has 0 rings (SSSR count). The van der Waals surface area contributed by atoms with Gasteiger partial charge in [-0.3, -0.25) is 0 Å². The normalized spacial score (nSPS) is 11.5. The highest BCUT2D eigenvalue weighted by atomic mass is 16.7. The third-order valence-electron chi connectivity index (χ3n) is 1.22. The fourth-order valence-electron chi connectivity index (χ4n) is 0.395. The van der Waals surface area contributed by atoms with E-state index in [1.165, 1.54) is 0 Å². The van der Waals surface area contributed by atoms with Gasteiger partial charge in [0.05, 0.1) is 0 Å². The van der Waals surface area contributed by atoms with Crippen LogP contribution in [0.1, 0.15) is 20.3 Å². The number of hydrogen-bond acceptors (Lipinski definition) is 4. The maximum Gasteiger partial charge on any atom is 0.516 e. The third-order valence-corrected chi connectivity index (χ3v) is 1.22. The minimum atomic E-state index is -0.978. The molecule has 0 amide bonds. The lowest BCUT2D eigenvalue weighted by molar-refractivity contribution is -0.134. The summed E-state index contributed by atoms with van der Waals surface area (Å²) in [7, 11) is 0. The Morgan fingerprint density at radius 1 is 1.58 bits per heavy atom. The first-order valence-electron chi connectivity index (χ1n) is 3.65. The summed E-state index contributed by atoms with van der Waals surface area (Å²) >= 11 is 0. The van der Waals surface area contributed by atoms with Crippen LogP contribution in [-0.4, -0.2) is 18.2 Å². The molecule has 0 aliphatic rings. The summed E-state index contributed by atoms with van der Waals surface area (Å²) in [5, 5.41) is 0. The van der Waals surface area contributed by atoms with Crippen molar-refractivity contribution in [2.24, 2.45) is 0 Å². The Morgan fingerprint density at radius 3 is 2.58 bits per heavy atom. The lowest BCUT2D eigenvalue weighted by Gasteiger charge is -2.08. The van der Waals surface area contributed by atoms with E-state index in [2.05, 4.69) is 16.1 Å². The van der Waals surface area contributed by atoms with Gasteiger partial charge >= 0.3 is 12.1 Å². The number of rotatable bonds is 3. The second-order valence-corrected chi connectivity index (χ2v) is 2.21. The van der Waals surface area contributed by atoms with Crippen LogP contribution < -0.4 is 0 Å². The molecule has 0 aromatic carbocycles. The molecule has 0 aliphatic carbocycles. The Kier molecular flexibility index (Phi) is 4.76. The van der Waals surface area contributed by atoms with Crippen molar-refractivity contribution < 1.29 is 19.1 Å². The van der Waals surface area contributed by atoms with Gasteiger partial charge in [-0.25, -0.2) is 9.59 Å². The predicted molar refractivity (Wildman–Crippen MR) is 42.5 cm³/mol. The SMILES string of the molecule is C=CC(=O)OC(=O)OC(C)CC. The van der Waals surface area contributed by atoms with Crippen LogP contribution in [0.2, 0.25) is 0 Å². The summed E-state index contributed by atoms with van der Waals surface area (Å²) in [4.78, 5) is 21.1. The van der Waals surface area contributed by atoms with Gasteiger partial charge in [0.1, 0.15) is 6.10 Å². The van der Waals surface area contributed by atoms with Crippen molar-refractivity contribution in [3.05, 3.63) is 12.7 Å². The minimum Gasteiger partial charge on any atom is -0.431 e. The summed E-state index contributed by atoms with van der Waals surface area (Å²) < 4.78 is 8.80. The summed E-state index contributed by atoms with van der Waals surface area (Å²) in [6, 6.07) is 0. The molecular formula is C8H12O4. The van der Waals surface area contributed by atoms with Gasteiger partial charge in [0.2, 0.25) is 0 Å². The molecule has 0 radical (unpaired) electrons. The van der Waals surface area contributed by atoms with Gasteiger partial charge in [-0.15, -0.1) is 0 Å². The number of carbonyl (C=O) groups excluding carboxylic acids is 2. The van der Waals surface area contributed by atoms with E-state index in [4.69, 9.17) is 0 Å². The average molecular weight is 172 g/mol. The van der Waals surface area contributed by atoms with Crippen molar-refractivity contribution in [1.29, 1.82) is 0 Å². The van der Waals surface area contributed by atoms with E-state index < -0.39 is 12.1 Å². The molecule has 1 unspecified atom stereocenters. The molecule has 0 aliphatic heterocycles. The molecular weight excluding hydrogens is 160 g/mol. The molecule has 68 valence electrons. The molecule has 0 spiro atoms. The van der Waals surface area contributed by atoms with E-state index in [9.17, 15) is 9.59 Å². The molecule has 12 heavy (non-hydrogen) atoms. The van der Waals surface area contributed by atoms with Gasteiger partial charge in [-0.2, -0.15) is 0 Å². The smallest absolute Gasteiger partial charge is 0.431 e. The van der Waals surface area contributed by atoms with Crippen LogP contribution in [0, 0.1) is 0 Å². The molecule has 0 saturated carbocycles. The Morgan fingerprint density at radius 2 is 2.17 bits per heavy atom. The fraction of sp³-hybridized carbons (Fsp3) is 0.500. The van der Waals surface area contributed by atoms with Crippen LogP contribution in [0.25, 0.3) is 0 Å². The van der Waals surface area contributed by atoms with E-state index in [-0.39, 0.29) is 6.10 Å². The number of hydrogen-bond donors (Lipinski definition) is 0. The zero-order valence-electron chi connectivity index (χ0n) is 7.20. The van der Waals surface area contributed by atoms with Crippen LogP contribution in [0.5, 0.6) is 0 Å². The van der Waals surface area contributed by atoms with Crippen molar-refractivity contribution in [1.82, 2.24) is 0 Å². The fourth-order valence-corrected chi connectivity index (χ4v) is 0.395. The van der Waals surface area contributed by atoms with E-state index in [0.29, 0.717) is 6.42 Å². The van der Waals surface area contributed by atoms with Gasteiger partial charge < -0.3 is 9.47 Å². The maximum atomic E-state index is 10.7. The Bertz CT molecular complexity index is 185. The van der Waals surface area contributed by atoms with E-state index in [1.807, 2.05) is 6.92 Å². The van der Waals surface area contributed by atoms with Gasteiger partial charge in [-0.05, 0) is 13.3 Å². The number of esters is 1. The molecule has 0 bridgehead atoms. The van der Waals surface area contributed by atoms with Crippen molar-refractivity contribution in [2.45, 2.75) is 26.4 Å². The van der Waals surface area contributed by atoms with E-state index >= 15 is 0 Å². The van der Waals surface area contributed by atoms with Crippen LogP contribution in [0.4, 0.5) is 4.79 Å². The van der Waals surface area contributed by atoms with E-state index in [0.717, 1.165) is 6.08 Å². The van der Waals surface area contributed by atoms with Crippen LogP contribution in [0.3, 0.4) is 0 Å². The number of carbonyl (C=O) groups is 2. The first-order chi connectivity index (χ1) is 5.60.